The fraction of sp³-hybridized carbons (Fsp3) is 0.545. The number of fused-ring (bicyclic) bond motifs is 1. The summed E-state index contributed by atoms with van der Waals surface area (Å²) in [5.41, 5.74) is 9.65. The number of nitrogen functional groups attached to an aromatic ring is 1. The molecule has 0 bridgehead atoms. The largest absolute Gasteiger partial charge is 0.397 e. The van der Waals surface area contributed by atoms with E-state index in [2.05, 4.69) is 32.2 Å². The van der Waals surface area contributed by atoms with Crippen molar-refractivity contribution in [1.82, 2.24) is 30.2 Å². The molecule has 5 heterocycles. The quantitative estimate of drug-likeness (QED) is 0.278. The lowest BCUT2D eigenvalue weighted by atomic mass is 9.98. The van der Waals surface area contributed by atoms with Crippen molar-refractivity contribution in [2.24, 2.45) is 0 Å². The van der Waals surface area contributed by atoms with Gasteiger partial charge in [0.1, 0.15) is 6.04 Å². The zero-order valence-corrected chi connectivity index (χ0v) is 27.7. The number of nitrogens with zero attached hydrogens (tertiary/aromatic N) is 4. The highest BCUT2D eigenvalue weighted by Gasteiger charge is 2.35. The van der Waals surface area contributed by atoms with Gasteiger partial charge in [0, 0.05) is 88.4 Å². The number of nitrogens with two attached hydrogens (primary N) is 1. The number of piperidine rings is 2. The molecule has 1 aromatic carbocycles. The van der Waals surface area contributed by atoms with Crippen LogP contribution in [-0.4, -0.2) is 115 Å². The summed E-state index contributed by atoms with van der Waals surface area (Å²) in [7, 11) is 0. The third-order valence-electron chi connectivity index (χ3n) is 9.88. The minimum absolute atomic E-state index is 0.0465. The minimum atomic E-state index is -0.790. The number of terminal acetylenes is 1. The molecule has 246 valence electrons. The zero-order chi connectivity index (χ0) is 32.2. The molecule has 6 rings (SSSR count). The van der Waals surface area contributed by atoms with E-state index in [9.17, 15) is 14.4 Å². The molecule has 46 heavy (non-hydrogen) atoms. The predicted octanol–water partition coefficient (Wildman–Crippen LogP) is 3.04. The Labute approximate surface area is 279 Å². The number of piperazine rings is 1. The number of likely N-dealkylation sites (tertiary alicyclic amines) is 2. The maximum atomic E-state index is 14.0. The molecule has 0 spiro atoms. The first kappa shape index (κ1) is 32.4. The van der Waals surface area contributed by atoms with E-state index in [1.807, 2.05) is 15.2 Å². The molecule has 3 saturated heterocycles. The van der Waals surface area contributed by atoms with Crippen LogP contribution < -0.4 is 21.7 Å². The maximum absolute atomic E-state index is 14.0. The van der Waals surface area contributed by atoms with Crippen molar-refractivity contribution in [1.29, 1.82) is 0 Å². The lowest BCUT2D eigenvalue weighted by Crippen LogP contribution is -2.58. The molecule has 13 heteroatoms. The van der Waals surface area contributed by atoms with E-state index in [4.69, 9.17) is 23.8 Å². The fourth-order valence-electron chi connectivity index (χ4n) is 7.19. The summed E-state index contributed by atoms with van der Waals surface area (Å²) in [4.78, 5) is 48.7. The van der Waals surface area contributed by atoms with Gasteiger partial charge in [-0.1, -0.05) is 17.5 Å². The van der Waals surface area contributed by atoms with Crippen LogP contribution in [0.25, 0.3) is 0 Å². The van der Waals surface area contributed by atoms with E-state index in [1.54, 1.807) is 28.4 Å². The van der Waals surface area contributed by atoms with E-state index in [0.717, 1.165) is 62.3 Å². The summed E-state index contributed by atoms with van der Waals surface area (Å²) in [6, 6.07) is 2.84. The number of rotatable bonds is 6. The van der Waals surface area contributed by atoms with Crippen molar-refractivity contribution >= 4 is 52.3 Å². The SMILES string of the molecule is C#Cc1cc(C[C@@H](NC(=O)N2CCC(N3CCc4cscc4NC3=O)CC2)C(=O)N2CCC(N3CCNCC3)CC2)cc(Cl)c1N. The number of benzene rings is 1. The molecular weight excluding hydrogens is 624 g/mol. The van der Waals surface area contributed by atoms with E-state index < -0.39 is 6.04 Å². The first-order chi connectivity index (χ1) is 22.3. The highest BCUT2D eigenvalue weighted by molar-refractivity contribution is 7.08. The molecule has 0 aliphatic carbocycles. The molecule has 1 aromatic heterocycles. The van der Waals surface area contributed by atoms with E-state index in [-0.39, 0.29) is 30.4 Å². The van der Waals surface area contributed by atoms with Crippen LogP contribution in [-0.2, 0) is 17.6 Å². The van der Waals surface area contributed by atoms with Gasteiger partial charge in [-0.15, -0.1) is 17.8 Å². The van der Waals surface area contributed by atoms with Gasteiger partial charge in [0.05, 0.1) is 16.4 Å². The Hall–Kier alpha value is -3.50. The Bertz CT molecular complexity index is 1470. The van der Waals surface area contributed by atoms with Crippen molar-refractivity contribution in [2.45, 2.75) is 56.7 Å². The number of urea groups is 2. The first-order valence-electron chi connectivity index (χ1n) is 16.3. The van der Waals surface area contributed by atoms with Crippen molar-refractivity contribution in [3.8, 4) is 12.3 Å². The molecule has 1 atom stereocenters. The molecule has 0 radical (unpaired) electrons. The van der Waals surface area contributed by atoms with Crippen LogP contribution in [0.3, 0.4) is 0 Å². The number of carbonyl (C=O) groups is 3. The molecule has 5 amide bonds. The Morgan fingerprint density at radius 2 is 1.72 bits per heavy atom. The molecule has 4 aliphatic rings. The van der Waals surface area contributed by atoms with Crippen molar-refractivity contribution < 1.29 is 14.4 Å². The number of hydrogen-bond acceptors (Lipinski definition) is 7. The van der Waals surface area contributed by atoms with Crippen molar-refractivity contribution in [3.63, 3.8) is 0 Å². The minimum Gasteiger partial charge on any atom is -0.397 e. The monoisotopic (exact) mass is 666 g/mol. The Morgan fingerprint density at radius 3 is 2.43 bits per heavy atom. The zero-order valence-electron chi connectivity index (χ0n) is 26.1. The van der Waals surface area contributed by atoms with E-state index in [1.165, 1.54) is 0 Å². The number of hydrogen-bond donors (Lipinski definition) is 4. The van der Waals surface area contributed by atoms with Crippen LogP contribution >= 0.6 is 22.9 Å². The molecule has 3 fully saturated rings. The molecule has 5 N–H and O–H groups in total. The maximum Gasteiger partial charge on any atom is 0.322 e. The van der Waals surface area contributed by atoms with E-state index >= 15 is 0 Å². The van der Waals surface area contributed by atoms with Gasteiger partial charge in [0.15, 0.2) is 0 Å². The van der Waals surface area contributed by atoms with Gasteiger partial charge in [0.25, 0.3) is 0 Å². The van der Waals surface area contributed by atoms with Gasteiger partial charge in [0.2, 0.25) is 5.91 Å². The first-order valence-corrected chi connectivity index (χ1v) is 17.6. The number of halogens is 1. The number of nitrogens with one attached hydrogen (secondary N) is 3. The summed E-state index contributed by atoms with van der Waals surface area (Å²) in [6.45, 7) is 6.98. The summed E-state index contributed by atoms with van der Waals surface area (Å²) in [5, 5.41) is 13.9. The molecular formula is C33H43ClN8O3S. The van der Waals surface area contributed by atoms with Gasteiger partial charge < -0.3 is 36.4 Å². The van der Waals surface area contributed by atoms with Crippen LogP contribution in [0, 0.1) is 12.3 Å². The second kappa shape index (κ2) is 14.5. The molecule has 4 aliphatic heterocycles. The molecule has 0 unspecified atom stereocenters. The van der Waals surface area contributed by atoms with Crippen LogP contribution in [0.1, 0.15) is 42.4 Å². The fourth-order valence-corrected chi connectivity index (χ4v) is 8.26. The highest BCUT2D eigenvalue weighted by Crippen LogP contribution is 2.28. The van der Waals surface area contributed by atoms with Crippen molar-refractivity contribution in [3.05, 3.63) is 44.6 Å². The van der Waals surface area contributed by atoms with Crippen LogP contribution in [0.5, 0.6) is 0 Å². The third kappa shape index (κ3) is 7.23. The Morgan fingerprint density at radius 1 is 1.02 bits per heavy atom. The summed E-state index contributed by atoms with van der Waals surface area (Å²) < 4.78 is 0. The number of anilines is 2. The number of amides is 5. The lowest BCUT2D eigenvalue weighted by molar-refractivity contribution is -0.134. The Balaban J connectivity index is 1.10. The van der Waals surface area contributed by atoms with Crippen LogP contribution in [0.2, 0.25) is 5.02 Å². The van der Waals surface area contributed by atoms with Gasteiger partial charge in [-0.25, -0.2) is 9.59 Å². The van der Waals surface area contributed by atoms with Gasteiger partial charge in [-0.3, -0.25) is 9.69 Å². The predicted molar refractivity (Wildman–Crippen MR) is 182 cm³/mol. The van der Waals surface area contributed by atoms with Gasteiger partial charge in [-0.2, -0.15) is 0 Å². The summed E-state index contributed by atoms with van der Waals surface area (Å²) in [5.74, 6) is 2.47. The summed E-state index contributed by atoms with van der Waals surface area (Å²) in [6.07, 6.45) is 9.88. The van der Waals surface area contributed by atoms with Crippen LogP contribution in [0.15, 0.2) is 22.9 Å². The number of thiophene rings is 1. The molecule has 2 aromatic rings. The lowest BCUT2D eigenvalue weighted by Gasteiger charge is -2.41. The van der Waals surface area contributed by atoms with E-state index in [0.29, 0.717) is 67.9 Å². The number of carbonyl (C=O) groups excluding carboxylic acids is 3. The third-order valence-corrected chi connectivity index (χ3v) is 11.0. The van der Waals surface area contributed by atoms with Crippen molar-refractivity contribution in [2.75, 3.05) is 70.0 Å². The van der Waals surface area contributed by atoms with Gasteiger partial charge >= 0.3 is 12.1 Å². The standard InChI is InChI=1S/C33H43ClN8O3S/c1-2-23-17-22(18-27(34)30(23)35)19-28(31(43)40-10-4-25(5-11-40)39-15-8-36-9-16-39)37-32(44)41-12-6-26(7-13-41)42-14-3-24-20-46-21-29(24)38-33(42)45/h1,17-18,20-21,25-26,28,36H,3-16,19,35H2,(H,37,44)(H,38,45)/t28-/m1/s1. The average Bonchev–Trinajstić information content (AvgIpc) is 3.46. The normalized spacial score (nSPS) is 20.8. The highest BCUT2D eigenvalue weighted by atomic mass is 35.5. The average molecular weight is 667 g/mol. The smallest absolute Gasteiger partial charge is 0.322 e. The topological polar surface area (TPSA) is 126 Å². The van der Waals surface area contributed by atoms with Gasteiger partial charge in [-0.05, 0) is 60.7 Å². The molecule has 0 saturated carbocycles. The van der Waals surface area contributed by atoms with Crippen LogP contribution in [0.4, 0.5) is 21.0 Å². The second-order valence-electron chi connectivity index (χ2n) is 12.6. The summed E-state index contributed by atoms with van der Waals surface area (Å²) >= 11 is 7.99. The second-order valence-corrected chi connectivity index (χ2v) is 13.8. The Kier molecular flexibility index (Phi) is 10.2. The molecule has 11 nitrogen and oxygen atoms in total.